The lowest BCUT2D eigenvalue weighted by Crippen LogP contribution is -2.69. The zero-order valence-corrected chi connectivity index (χ0v) is 18.4. The van der Waals surface area contributed by atoms with Crippen LogP contribution in [0, 0.1) is 0 Å². The summed E-state index contributed by atoms with van der Waals surface area (Å²) in [6.45, 7) is 1.50. The van der Waals surface area contributed by atoms with E-state index in [4.69, 9.17) is 11.6 Å². The number of halogens is 1. The Labute approximate surface area is 181 Å². The van der Waals surface area contributed by atoms with Crippen molar-refractivity contribution in [3.8, 4) is 0 Å². The maximum Gasteiger partial charge on any atom is 0.247 e. The Kier molecular flexibility index (Phi) is 6.50. The Hall–Kier alpha value is -2.42. The molecule has 1 atom stereocenters. The first kappa shape index (κ1) is 22.3. The molecule has 1 N–H and O–H groups in total. The van der Waals surface area contributed by atoms with Gasteiger partial charge < -0.3 is 10.2 Å². The van der Waals surface area contributed by atoms with E-state index >= 15 is 0 Å². The molecule has 0 unspecified atom stereocenters. The van der Waals surface area contributed by atoms with Crippen molar-refractivity contribution in [2.24, 2.45) is 0 Å². The van der Waals surface area contributed by atoms with Crippen LogP contribution in [0.1, 0.15) is 18.1 Å². The van der Waals surface area contributed by atoms with Crippen LogP contribution in [0.5, 0.6) is 0 Å². The minimum Gasteiger partial charge on any atom is -0.350 e. The summed E-state index contributed by atoms with van der Waals surface area (Å²) in [5.41, 5.74) is 0.184. The molecule has 7 nitrogen and oxygen atoms in total. The first-order chi connectivity index (χ1) is 14.1. The summed E-state index contributed by atoms with van der Waals surface area (Å²) in [6, 6.07) is 16.4. The molecule has 0 bridgehead atoms. The number of carbonyl (C=O) groups is 2. The van der Waals surface area contributed by atoms with E-state index in [0.29, 0.717) is 10.6 Å². The van der Waals surface area contributed by atoms with Gasteiger partial charge in [0.25, 0.3) is 0 Å². The van der Waals surface area contributed by atoms with Gasteiger partial charge in [0.05, 0.1) is 12.8 Å². The van der Waals surface area contributed by atoms with Crippen molar-refractivity contribution < 1.29 is 18.0 Å². The highest BCUT2D eigenvalue weighted by Crippen LogP contribution is 2.28. The zero-order chi connectivity index (χ0) is 21.9. The van der Waals surface area contributed by atoms with Gasteiger partial charge >= 0.3 is 0 Å². The van der Waals surface area contributed by atoms with E-state index in [1.807, 2.05) is 30.3 Å². The van der Waals surface area contributed by atoms with E-state index in [1.54, 1.807) is 31.2 Å². The molecule has 0 spiro atoms. The second kappa shape index (κ2) is 8.75. The fourth-order valence-corrected chi connectivity index (χ4v) is 4.48. The minimum absolute atomic E-state index is 0.103. The second-order valence-corrected chi connectivity index (χ2v) is 9.93. The quantitative estimate of drug-likeness (QED) is 0.730. The average molecular weight is 450 g/mol. The van der Waals surface area contributed by atoms with E-state index in [0.717, 1.165) is 16.1 Å². The molecule has 0 aromatic heterocycles. The van der Waals surface area contributed by atoms with E-state index in [-0.39, 0.29) is 26.2 Å². The van der Waals surface area contributed by atoms with Gasteiger partial charge in [0, 0.05) is 24.7 Å². The van der Waals surface area contributed by atoms with Crippen LogP contribution in [0.15, 0.2) is 54.6 Å². The molecule has 2 aromatic carbocycles. The highest BCUT2D eigenvalue weighted by atomic mass is 35.5. The van der Waals surface area contributed by atoms with E-state index in [2.05, 4.69) is 5.32 Å². The summed E-state index contributed by atoms with van der Waals surface area (Å²) in [4.78, 5) is 27.6. The molecule has 0 aliphatic carbocycles. The van der Waals surface area contributed by atoms with E-state index in [1.165, 1.54) is 4.90 Å². The number of carbonyl (C=O) groups excluding carboxylic acids is 2. The number of rotatable bonds is 6. The molecule has 0 saturated carbocycles. The summed E-state index contributed by atoms with van der Waals surface area (Å²) in [5.74, 6) is -0.885. The standard InChI is InChI=1S/C21H24ClN3O4S/c1-21(20(27)23-12-16-8-4-3-5-9-16)15-24(30(2,28)29)14-19(26)25(21)13-17-10-6-7-11-18(17)22/h3-11H,12-15H2,1-2H3,(H,23,27)/t21-/m0/s1. The zero-order valence-electron chi connectivity index (χ0n) is 16.8. The van der Waals surface area contributed by atoms with Crippen molar-refractivity contribution in [1.82, 2.24) is 14.5 Å². The maximum absolute atomic E-state index is 13.2. The average Bonchev–Trinajstić information content (AvgIpc) is 2.70. The first-order valence-electron chi connectivity index (χ1n) is 9.42. The molecule has 2 aromatic rings. The highest BCUT2D eigenvalue weighted by molar-refractivity contribution is 7.88. The van der Waals surface area contributed by atoms with Crippen LogP contribution in [0.4, 0.5) is 0 Å². The summed E-state index contributed by atoms with van der Waals surface area (Å²) >= 11 is 6.26. The lowest BCUT2D eigenvalue weighted by atomic mass is 9.94. The van der Waals surface area contributed by atoms with Crippen molar-refractivity contribution in [3.63, 3.8) is 0 Å². The lowest BCUT2D eigenvalue weighted by Gasteiger charge is -2.46. The van der Waals surface area contributed by atoms with Gasteiger partial charge in [-0.3, -0.25) is 9.59 Å². The predicted octanol–water partition coefficient (Wildman–Crippen LogP) is 2.02. The summed E-state index contributed by atoms with van der Waals surface area (Å²) in [5, 5.41) is 3.32. The Morgan fingerprint density at radius 1 is 1.13 bits per heavy atom. The molecule has 3 rings (SSSR count). The van der Waals surface area contributed by atoms with Crippen LogP contribution in [0.2, 0.25) is 5.02 Å². The fraction of sp³-hybridized carbons (Fsp3) is 0.333. The number of piperazine rings is 1. The topological polar surface area (TPSA) is 86.8 Å². The Balaban J connectivity index is 1.91. The van der Waals surface area contributed by atoms with Crippen molar-refractivity contribution >= 4 is 33.4 Å². The number of sulfonamides is 1. The van der Waals surface area contributed by atoms with Crippen molar-refractivity contribution in [1.29, 1.82) is 0 Å². The van der Waals surface area contributed by atoms with Gasteiger partial charge in [-0.05, 0) is 24.1 Å². The third-order valence-corrected chi connectivity index (χ3v) is 6.80. The van der Waals surface area contributed by atoms with Crippen LogP contribution in [0.25, 0.3) is 0 Å². The van der Waals surface area contributed by atoms with E-state index in [9.17, 15) is 18.0 Å². The number of benzene rings is 2. The molecule has 0 radical (unpaired) electrons. The van der Waals surface area contributed by atoms with Gasteiger partial charge in [0.1, 0.15) is 5.54 Å². The van der Waals surface area contributed by atoms with Gasteiger partial charge in [-0.2, -0.15) is 4.31 Å². The largest absolute Gasteiger partial charge is 0.350 e. The molecule has 9 heteroatoms. The number of hydrogen-bond donors (Lipinski definition) is 1. The SMILES string of the molecule is C[C@@]1(C(=O)NCc2ccccc2)CN(S(C)(=O)=O)CC(=O)N1Cc1ccccc1Cl. The van der Waals surface area contributed by atoms with Crippen molar-refractivity contribution in [2.45, 2.75) is 25.6 Å². The maximum atomic E-state index is 13.2. The molecule has 1 heterocycles. The molecule has 2 amide bonds. The van der Waals surface area contributed by atoms with Crippen molar-refractivity contribution in [3.05, 3.63) is 70.7 Å². The fourth-order valence-electron chi connectivity index (χ4n) is 3.45. The highest BCUT2D eigenvalue weighted by Gasteiger charge is 2.49. The Morgan fingerprint density at radius 2 is 1.77 bits per heavy atom. The van der Waals surface area contributed by atoms with Gasteiger partial charge in [-0.1, -0.05) is 60.1 Å². The van der Waals surface area contributed by atoms with Crippen molar-refractivity contribution in [2.75, 3.05) is 19.3 Å². The summed E-state index contributed by atoms with van der Waals surface area (Å²) in [7, 11) is -3.66. The number of nitrogens with one attached hydrogen (secondary N) is 1. The predicted molar refractivity (Wildman–Crippen MR) is 115 cm³/mol. The molecule has 30 heavy (non-hydrogen) atoms. The smallest absolute Gasteiger partial charge is 0.247 e. The number of amides is 2. The summed E-state index contributed by atoms with van der Waals surface area (Å²) in [6.07, 6.45) is 1.03. The van der Waals surface area contributed by atoms with Crippen LogP contribution in [0.3, 0.4) is 0 Å². The van der Waals surface area contributed by atoms with Gasteiger partial charge in [-0.25, -0.2) is 8.42 Å². The molecule has 1 aliphatic rings. The third-order valence-electron chi connectivity index (χ3n) is 5.23. The molecular formula is C21H24ClN3O4S. The van der Waals surface area contributed by atoms with Crippen LogP contribution in [-0.2, 0) is 32.7 Å². The third kappa shape index (κ3) is 4.83. The molecule has 1 saturated heterocycles. The van der Waals surface area contributed by atoms with Gasteiger partial charge in [0.2, 0.25) is 21.8 Å². The lowest BCUT2D eigenvalue weighted by molar-refractivity contribution is -0.153. The normalized spacial score (nSPS) is 20.2. The number of hydrogen-bond acceptors (Lipinski definition) is 4. The van der Waals surface area contributed by atoms with Gasteiger partial charge in [-0.15, -0.1) is 0 Å². The van der Waals surface area contributed by atoms with Crippen LogP contribution in [-0.4, -0.2) is 54.3 Å². The van der Waals surface area contributed by atoms with Gasteiger partial charge in [0.15, 0.2) is 0 Å². The molecule has 160 valence electrons. The number of nitrogens with zero attached hydrogens (tertiary/aromatic N) is 2. The molecular weight excluding hydrogens is 426 g/mol. The second-order valence-electron chi connectivity index (χ2n) is 7.54. The Morgan fingerprint density at radius 3 is 2.40 bits per heavy atom. The van der Waals surface area contributed by atoms with Crippen LogP contribution < -0.4 is 5.32 Å². The minimum atomic E-state index is -3.66. The summed E-state index contributed by atoms with van der Waals surface area (Å²) < 4.78 is 25.3. The first-order valence-corrected chi connectivity index (χ1v) is 11.6. The van der Waals surface area contributed by atoms with Crippen LogP contribution >= 0.6 is 11.6 Å². The molecule has 1 fully saturated rings. The Bertz CT molecular complexity index is 1050. The monoisotopic (exact) mass is 449 g/mol. The molecule has 1 aliphatic heterocycles. The van der Waals surface area contributed by atoms with E-state index < -0.39 is 27.4 Å².